The van der Waals surface area contributed by atoms with E-state index in [1.807, 2.05) is 78.4 Å². The lowest BCUT2D eigenvalue weighted by Crippen LogP contribution is -2.36. The molecule has 0 aromatic heterocycles. The number of hydrogen-bond acceptors (Lipinski definition) is 5. The molecule has 0 heterocycles. The van der Waals surface area contributed by atoms with E-state index in [1.54, 1.807) is 12.1 Å². The number of carbonyl (C=O) groups is 3. The monoisotopic (exact) mass is 534 g/mol. The first-order chi connectivity index (χ1) is 18.1. The van der Waals surface area contributed by atoms with E-state index in [9.17, 15) is 22.8 Å². The van der Waals surface area contributed by atoms with Crippen LogP contribution in [0.25, 0.3) is 11.1 Å². The first-order valence-corrected chi connectivity index (χ1v) is 14.6. The Kier molecular flexibility index (Phi) is 10.4. The van der Waals surface area contributed by atoms with Gasteiger partial charge in [0, 0.05) is 30.0 Å². The highest BCUT2D eigenvalue weighted by molar-refractivity contribution is 7.89. The molecule has 2 amide bonds. The molecule has 0 saturated carbocycles. The fraction of sp³-hybridized carbons (Fsp3) is 0.300. The smallest absolute Gasteiger partial charge is 0.237 e. The van der Waals surface area contributed by atoms with Gasteiger partial charge in [-0.3, -0.25) is 19.1 Å². The predicted molar refractivity (Wildman–Crippen MR) is 150 cm³/mol. The molecule has 0 saturated heterocycles. The highest BCUT2D eigenvalue weighted by Crippen LogP contribution is 2.24. The van der Waals surface area contributed by atoms with E-state index in [-0.39, 0.29) is 18.1 Å². The van der Waals surface area contributed by atoms with Crippen LogP contribution >= 0.6 is 0 Å². The highest BCUT2D eigenvalue weighted by atomic mass is 32.2. The number of rotatable bonds is 13. The van der Waals surface area contributed by atoms with E-state index in [2.05, 4.69) is 5.32 Å². The minimum atomic E-state index is -3.74. The van der Waals surface area contributed by atoms with Crippen LogP contribution in [0.1, 0.15) is 54.9 Å². The summed E-state index contributed by atoms with van der Waals surface area (Å²) in [5, 5.41) is 2.89. The second-order valence-corrected chi connectivity index (χ2v) is 11.1. The van der Waals surface area contributed by atoms with Crippen LogP contribution in [-0.2, 0) is 26.0 Å². The molecule has 3 aromatic rings. The summed E-state index contributed by atoms with van der Waals surface area (Å²) in [4.78, 5) is 37.6. The molecule has 200 valence electrons. The van der Waals surface area contributed by atoms with Gasteiger partial charge in [0.25, 0.3) is 0 Å². The van der Waals surface area contributed by atoms with Gasteiger partial charge >= 0.3 is 0 Å². The zero-order chi connectivity index (χ0) is 27.5. The largest absolute Gasteiger partial charge is 0.326 e. The van der Waals surface area contributed by atoms with Gasteiger partial charge in [-0.1, -0.05) is 80.1 Å². The quantitative estimate of drug-likeness (QED) is 0.286. The van der Waals surface area contributed by atoms with Crippen molar-refractivity contribution in [3.8, 4) is 11.1 Å². The van der Waals surface area contributed by atoms with Gasteiger partial charge < -0.3 is 5.32 Å². The van der Waals surface area contributed by atoms with Gasteiger partial charge in [-0.05, 0) is 48.1 Å². The Morgan fingerprint density at radius 1 is 0.842 bits per heavy atom. The third-order valence-electron chi connectivity index (χ3n) is 6.18. The van der Waals surface area contributed by atoms with Crippen molar-refractivity contribution in [3.05, 3.63) is 90.0 Å². The fourth-order valence-electron chi connectivity index (χ4n) is 4.07. The van der Waals surface area contributed by atoms with Crippen molar-refractivity contribution in [1.82, 2.24) is 4.72 Å². The average molecular weight is 535 g/mol. The fourth-order valence-corrected chi connectivity index (χ4v) is 4.61. The zero-order valence-corrected chi connectivity index (χ0v) is 22.6. The van der Waals surface area contributed by atoms with Crippen molar-refractivity contribution in [2.75, 3.05) is 11.6 Å². The van der Waals surface area contributed by atoms with Crippen LogP contribution in [0.2, 0.25) is 0 Å². The molecule has 0 fully saturated rings. The van der Waals surface area contributed by atoms with Gasteiger partial charge in [0.2, 0.25) is 21.8 Å². The number of aryl methyl sites for hydroxylation is 1. The van der Waals surface area contributed by atoms with Crippen molar-refractivity contribution in [3.63, 3.8) is 0 Å². The standard InChI is InChI=1S/C30H34N2O5S/c1-3-4-10-29(34)31-27-19-17-24(18-20-27)23-13-15-25(16-14-23)28(33)21-26(30(35)32-38(2,36)37)12-11-22-8-6-5-7-9-22/h5-9,13-20,26H,3-4,10-12,21H2,1-2H3,(H,31,34)(H,32,35). The molecule has 0 bridgehead atoms. The Hall–Kier alpha value is -3.78. The number of unbranched alkanes of at least 4 members (excludes halogenated alkanes) is 1. The normalized spacial score (nSPS) is 11.9. The second kappa shape index (κ2) is 13.7. The molecule has 0 radical (unpaired) electrons. The van der Waals surface area contributed by atoms with Gasteiger partial charge in [0.05, 0.1) is 6.26 Å². The van der Waals surface area contributed by atoms with E-state index in [0.29, 0.717) is 24.8 Å². The number of sulfonamides is 1. The summed E-state index contributed by atoms with van der Waals surface area (Å²) in [5.41, 5.74) is 4.03. The van der Waals surface area contributed by atoms with Crippen LogP contribution < -0.4 is 10.0 Å². The molecule has 0 aliphatic carbocycles. The van der Waals surface area contributed by atoms with E-state index in [0.717, 1.165) is 41.5 Å². The molecule has 7 nitrogen and oxygen atoms in total. The molecular formula is C30H34N2O5S. The highest BCUT2D eigenvalue weighted by Gasteiger charge is 2.25. The molecular weight excluding hydrogens is 500 g/mol. The Morgan fingerprint density at radius 3 is 2.03 bits per heavy atom. The molecule has 8 heteroatoms. The summed E-state index contributed by atoms with van der Waals surface area (Å²) in [5.74, 6) is -1.69. The van der Waals surface area contributed by atoms with Gasteiger partial charge in [-0.25, -0.2) is 8.42 Å². The summed E-state index contributed by atoms with van der Waals surface area (Å²) in [6.07, 6.45) is 4.03. The van der Waals surface area contributed by atoms with Gasteiger partial charge in [-0.2, -0.15) is 0 Å². The van der Waals surface area contributed by atoms with Crippen molar-refractivity contribution >= 4 is 33.3 Å². The molecule has 0 aliphatic heterocycles. The lowest BCUT2D eigenvalue weighted by atomic mass is 9.91. The molecule has 0 aliphatic rings. The predicted octanol–water partition coefficient (Wildman–Crippen LogP) is 5.38. The number of anilines is 1. The van der Waals surface area contributed by atoms with Gasteiger partial charge in [0.15, 0.2) is 5.78 Å². The van der Waals surface area contributed by atoms with Crippen LogP contribution in [0.5, 0.6) is 0 Å². The molecule has 0 spiro atoms. The van der Waals surface area contributed by atoms with Crippen LogP contribution in [-0.4, -0.2) is 32.3 Å². The molecule has 38 heavy (non-hydrogen) atoms. The molecule has 3 rings (SSSR count). The van der Waals surface area contributed by atoms with Crippen molar-refractivity contribution < 1.29 is 22.8 Å². The maximum atomic E-state index is 13.0. The SMILES string of the molecule is CCCCC(=O)Nc1ccc(-c2ccc(C(=O)CC(CCc3ccccc3)C(=O)NS(C)(=O)=O)cc2)cc1. The Bertz CT molecular complexity index is 1340. The topological polar surface area (TPSA) is 109 Å². The average Bonchev–Trinajstić information content (AvgIpc) is 2.90. The Labute approximate surface area is 224 Å². The van der Waals surface area contributed by atoms with E-state index < -0.39 is 21.8 Å². The molecule has 1 unspecified atom stereocenters. The summed E-state index contributed by atoms with van der Waals surface area (Å²) >= 11 is 0. The first kappa shape index (κ1) is 28.8. The van der Waals surface area contributed by atoms with E-state index in [4.69, 9.17) is 0 Å². The third kappa shape index (κ3) is 9.27. The van der Waals surface area contributed by atoms with Crippen LogP contribution in [0, 0.1) is 5.92 Å². The maximum Gasteiger partial charge on any atom is 0.237 e. The van der Waals surface area contributed by atoms with Crippen LogP contribution in [0.3, 0.4) is 0 Å². The van der Waals surface area contributed by atoms with E-state index >= 15 is 0 Å². The van der Waals surface area contributed by atoms with Crippen molar-refractivity contribution in [2.24, 2.45) is 5.92 Å². The zero-order valence-electron chi connectivity index (χ0n) is 21.8. The lowest BCUT2D eigenvalue weighted by Gasteiger charge is -2.16. The summed E-state index contributed by atoms with van der Waals surface area (Å²) in [6.45, 7) is 2.04. The number of nitrogens with one attached hydrogen (secondary N) is 2. The van der Waals surface area contributed by atoms with Crippen molar-refractivity contribution in [2.45, 2.75) is 45.4 Å². The van der Waals surface area contributed by atoms with Gasteiger partial charge in [-0.15, -0.1) is 0 Å². The second-order valence-electron chi connectivity index (χ2n) is 9.39. The number of ketones is 1. The molecule has 1 atom stereocenters. The first-order valence-electron chi connectivity index (χ1n) is 12.7. The van der Waals surface area contributed by atoms with Gasteiger partial charge in [0.1, 0.15) is 0 Å². The number of amides is 2. The lowest BCUT2D eigenvalue weighted by molar-refractivity contribution is -0.123. The molecule has 2 N–H and O–H groups in total. The van der Waals surface area contributed by atoms with Crippen LogP contribution in [0.4, 0.5) is 5.69 Å². The summed E-state index contributed by atoms with van der Waals surface area (Å²) < 4.78 is 25.3. The van der Waals surface area contributed by atoms with Crippen molar-refractivity contribution in [1.29, 1.82) is 0 Å². The maximum absolute atomic E-state index is 13.0. The Balaban J connectivity index is 1.66. The number of benzene rings is 3. The minimum absolute atomic E-state index is 0.00486. The minimum Gasteiger partial charge on any atom is -0.326 e. The Morgan fingerprint density at radius 2 is 1.45 bits per heavy atom. The summed E-state index contributed by atoms with van der Waals surface area (Å²) in [6, 6.07) is 24.1. The van der Waals surface area contributed by atoms with E-state index in [1.165, 1.54) is 0 Å². The van der Waals surface area contributed by atoms with Crippen LogP contribution in [0.15, 0.2) is 78.9 Å². The summed E-state index contributed by atoms with van der Waals surface area (Å²) in [7, 11) is -3.74. The number of hydrogen-bond donors (Lipinski definition) is 2. The molecule has 3 aromatic carbocycles. The number of carbonyl (C=O) groups excluding carboxylic acids is 3. The third-order valence-corrected chi connectivity index (χ3v) is 6.75. The number of Topliss-reactive ketones (excluding diaryl/α,β-unsaturated/α-hetero) is 1.